The normalized spacial score (nSPS) is 12.4. The fraction of sp³-hybridized carbons (Fsp3) is 0.625. The molecule has 21 heavy (non-hydrogen) atoms. The molecule has 0 aliphatic heterocycles. The van der Waals surface area contributed by atoms with Gasteiger partial charge in [-0.15, -0.1) is 0 Å². The van der Waals surface area contributed by atoms with Gasteiger partial charge in [-0.2, -0.15) is 0 Å². The van der Waals surface area contributed by atoms with E-state index in [4.69, 9.17) is 9.47 Å². The number of rotatable bonds is 10. The molecule has 120 valence electrons. The van der Waals surface area contributed by atoms with E-state index in [0.29, 0.717) is 6.04 Å². The Bertz CT molecular complexity index is 415. The number of anilines is 1. The average molecular weight is 359 g/mol. The number of hydrogen-bond donors (Lipinski definition) is 1. The molecule has 0 heterocycles. The minimum Gasteiger partial charge on any atom is -0.383 e. The van der Waals surface area contributed by atoms with Crippen molar-refractivity contribution in [2.24, 2.45) is 0 Å². The smallest absolute Gasteiger partial charge is 0.0663 e. The van der Waals surface area contributed by atoms with Crippen molar-refractivity contribution in [2.45, 2.75) is 26.4 Å². The number of methoxy groups -OCH3 is 2. The van der Waals surface area contributed by atoms with Gasteiger partial charge in [-0.25, -0.2) is 0 Å². The van der Waals surface area contributed by atoms with Crippen LogP contribution in [0.5, 0.6) is 0 Å². The molecule has 0 saturated carbocycles. The van der Waals surface area contributed by atoms with E-state index in [9.17, 15) is 0 Å². The third-order valence-corrected chi connectivity index (χ3v) is 4.19. The molecule has 0 aliphatic rings. The van der Waals surface area contributed by atoms with Gasteiger partial charge in [0.2, 0.25) is 0 Å². The first-order valence-corrected chi connectivity index (χ1v) is 8.17. The summed E-state index contributed by atoms with van der Waals surface area (Å²) in [6.07, 6.45) is 0. The number of hydrogen-bond acceptors (Lipinski definition) is 4. The van der Waals surface area contributed by atoms with Gasteiger partial charge < -0.3 is 19.7 Å². The summed E-state index contributed by atoms with van der Waals surface area (Å²) in [7, 11) is 3.46. The van der Waals surface area contributed by atoms with Crippen LogP contribution in [0.3, 0.4) is 0 Å². The second-order valence-electron chi connectivity index (χ2n) is 5.04. The van der Waals surface area contributed by atoms with Crippen molar-refractivity contribution in [2.75, 3.05) is 45.4 Å². The molecule has 1 aromatic rings. The van der Waals surface area contributed by atoms with E-state index < -0.39 is 0 Å². The molecule has 5 heteroatoms. The van der Waals surface area contributed by atoms with Crippen LogP contribution in [-0.4, -0.2) is 46.6 Å². The number of benzene rings is 1. The molecule has 1 atom stereocenters. The number of nitrogens with one attached hydrogen (secondary N) is 1. The monoisotopic (exact) mass is 358 g/mol. The third-order valence-electron chi connectivity index (χ3n) is 3.45. The largest absolute Gasteiger partial charge is 0.383 e. The molecule has 1 N–H and O–H groups in total. The maximum atomic E-state index is 5.26. The summed E-state index contributed by atoms with van der Waals surface area (Å²) >= 11 is 3.67. The minimum absolute atomic E-state index is 0.359. The van der Waals surface area contributed by atoms with Gasteiger partial charge in [-0.3, -0.25) is 0 Å². The average Bonchev–Trinajstić information content (AvgIpc) is 2.46. The summed E-state index contributed by atoms with van der Waals surface area (Å²) in [5.41, 5.74) is 2.47. The summed E-state index contributed by atoms with van der Waals surface area (Å²) in [6, 6.07) is 6.88. The molecular weight excluding hydrogens is 332 g/mol. The van der Waals surface area contributed by atoms with Gasteiger partial charge in [-0.05, 0) is 31.5 Å². The zero-order valence-electron chi connectivity index (χ0n) is 13.5. The van der Waals surface area contributed by atoms with Crippen LogP contribution in [-0.2, 0) is 16.0 Å². The van der Waals surface area contributed by atoms with Gasteiger partial charge in [0.05, 0.1) is 13.2 Å². The summed E-state index contributed by atoms with van der Waals surface area (Å²) in [5, 5.41) is 3.36. The van der Waals surface area contributed by atoms with E-state index in [0.717, 1.165) is 37.3 Å². The molecule has 1 unspecified atom stereocenters. The van der Waals surface area contributed by atoms with Gasteiger partial charge in [0.1, 0.15) is 0 Å². The Morgan fingerprint density at radius 2 is 2.05 bits per heavy atom. The van der Waals surface area contributed by atoms with Crippen molar-refractivity contribution in [3.63, 3.8) is 0 Å². The molecule has 1 aromatic carbocycles. The maximum Gasteiger partial charge on any atom is 0.0663 e. The number of nitrogens with zero attached hydrogens (tertiary/aromatic N) is 1. The summed E-state index contributed by atoms with van der Waals surface area (Å²) in [6.45, 7) is 8.46. The van der Waals surface area contributed by atoms with E-state index in [1.54, 1.807) is 14.2 Å². The van der Waals surface area contributed by atoms with Crippen LogP contribution in [0.25, 0.3) is 0 Å². The predicted molar refractivity (Wildman–Crippen MR) is 92.1 cm³/mol. The highest BCUT2D eigenvalue weighted by Crippen LogP contribution is 2.25. The number of likely N-dealkylation sites (N-methyl/N-ethyl adjacent to an activating group) is 1. The van der Waals surface area contributed by atoms with Crippen LogP contribution < -0.4 is 10.2 Å². The molecule has 0 amide bonds. The molecule has 0 bridgehead atoms. The Labute approximate surface area is 136 Å². The lowest BCUT2D eigenvalue weighted by atomic mass is 10.1. The zero-order chi connectivity index (χ0) is 15.7. The van der Waals surface area contributed by atoms with E-state index in [1.807, 2.05) is 0 Å². The van der Waals surface area contributed by atoms with Crippen LogP contribution in [0, 0.1) is 0 Å². The van der Waals surface area contributed by atoms with Crippen molar-refractivity contribution in [1.29, 1.82) is 0 Å². The fourth-order valence-electron chi connectivity index (χ4n) is 2.34. The minimum atomic E-state index is 0.359. The van der Waals surface area contributed by atoms with Crippen LogP contribution in [0.2, 0.25) is 0 Å². The highest BCUT2D eigenvalue weighted by Gasteiger charge is 2.13. The second kappa shape index (κ2) is 10.2. The van der Waals surface area contributed by atoms with Crippen LogP contribution in [0.15, 0.2) is 22.7 Å². The Hall–Kier alpha value is -0.620. The molecule has 0 aromatic heterocycles. The highest BCUT2D eigenvalue weighted by atomic mass is 79.9. The molecule has 0 aliphatic carbocycles. The van der Waals surface area contributed by atoms with E-state index >= 15 is 0 Å². The molecular formula is C16H27BrN2O2. The lowest BCUT2D eigenvalue weighted by molar-refractivity contribution is 0.182. The Morgan fingerprint density at radius 1 is 1.29 bits per heavy atom. The maximum absolute atomic E-state index is 5.26. The molecule has 4 nitrogen and oxygen atoms in total. The van der Waals surface area contributed by atoms with Crippen molar-refractivity contribution in [3.8, 4) is 0 Å². The van der Waals surface area contributed by atoms with Crippen molar-refractivity contribution >= 4 is 21.6 Å². The standard InChI is InChI=1S/C16H27BrN2O2/c1-5-19(13(2)12-21-4)15-7-6-14(16(17)10-15)11-18-8-9-20-3/h6-7,10,13,18H,5,8-9,11-12H2,1-4H3. The van der Waals surface area contributed by atoms with Gasteiger partial charge in [0, 0.05) is 50.1 Å². The summed E-state index contributed by atoms with van der Waals surface area (Å²) in [4.78, 5) is 2.34. The first kappa shape index (κ1) is 18.4. The lowest BCUT2D eigenvalue weighted by Gasteiger charge is -2.30. The van der Waals surface area contributed by atoms with Crippen molar-refractivity contribution in [1.82, 2.24) is 5.32 Å². The Kier molecular flexibility index (Phi) is 8.92. The zero-order valence-corrected chi connectivity index (χ0v) is 15.1. The Morgan fingerprint density at radius 3 is 2.62 bits per heavy atom. The molecule has 0 fully saturated rings. The molecule has 1 rings (SSSR count). The van der Waals surface area contributed by atoms with E-state index in [-0.39, 0.29) is 0 Å². The quantitative estimate of drug-likeness (QED) is 0.651. The topological polar surface area (TPSA) is 33.7 Å². The van der Waals surface area contributed by atoms with E-state index in [1.165, 1.54) is 11.3 Å². The van der Waals surface area contributed by atoms with Gasteiger partial charge in [0.25, 0.3) is 0 Å². The van der Waals surface area contributed by atoms with Crippen LogP contribution in [0.1, 0.15) is 19.4 Å². The Balaban J connectivity index is 2.71. The molecule has 0 radical (unpaired) electrons. The molecule has 0 saturated heterocycles. The van der Waals surface area contributed by atoms with Crippen molar-refractivity contribution in [3.05, 3.63) is 28.2 Å². The summed E-state index contributed by atoms with van der Waals surface area (Å²) in [5.74, 6) is 0. The number of ether oxygens (including phenoxy) is 2. The van der Waals surface area contributed by atoms with Gasteiger partial charge in [-0.1, -0.05) is 22.0 Å². The number of halogens is 1. The van der Waals surface area contributed by atoms with E-state index in [2.05, 4.69) is 58.2 Å². The third kappa shape index (κ3) is 5.94. The second-order valence-corrected chi connectivity index (χ2v) is 5.89. The van der Waals surface area contributed by atoms with Gasteiger partial charge in [0.15, 0.2) is 0 Å². The first-order valence-electron chi connectivity index (χ1n) is 7.37. The van der Waals surface area contributed by atoms with Crippen LogP contribution in [0.4, 0.5) is 5.69 Å². The lowest BCUT2D eigenvalue weighted by Crippen LogP contribution is -2.36. The predicted octanol–water partition coefficient (Wildman–Crippen LogP) is 3.05. The van der Waals surface area contributed by atoms with Gasteiger partial charge >= 0.3 is 0 Å². The first-order chi connectivity index (χ1) is 10.1. The van der Waals surface area contributed by atoms with Crippen molar-refractivity contribution < 1.29 is 9.47 Å². The fourth-order valence-corrected chi connectivity index (χ4v) is 2.84. The SMILES string of the molecule is CCN(c1ccc(CNCCOC)c(Br)c1)C(C)COC. The van der Waals surface area contributed by atoms with Crippen LogP contribution >= 0.6 is 15.9 Å². The summed E-state index contributed by atoms with van der Waals surface area (Å²) < 4.78 is 11.4. The molecule has 0 spiro atoms. The highest BCUT2D eigenvalue weighted by molar-refractivity contribution is 9.10.